The van der Waals surface area contributed by atoms with E-state index in [-0.39, 0.29) is 6.61 Å². The number of benzene rings is 1. The number of nitrogens with one attached hydrogen (secondary N) is 2. The molecular formula is C12H18N2O3S3. The summed E-state index contributed by atoms with van der Waals surface area (Å²) in [7, 11) is 0.314. The number of amides is 1. The number of carbonyl (C=O) groups excluding carboxylic acids is 1. The van der Waals surface area contributed by atoms with E-state index in [2.05, 4.69) is 10.0 Å². The SMILES string of the molecule is CSNc1ccc(COC(=O)NCCS(=O)SC)cc1. The van der Waals surface area contributed by atoms with Crippen LogP contribution in [-0.2, 0) is 21.2 Å². The number of hydrogen-bond donors (Lipinski definition) is 2. The first kappa shape index (κ1) is 17.2. The van der Waals surface area contributed by atoms with Crippen molar-refractivity contribution < 1.29 is 13.7 Å². The topological polar surface area (TPSA) is 67.4 Å². The van der Waals surface area contributed by atoms with E-state index in [1.165, 1.54) is 22.7 Å². The molecule has 1 amide bonds. The van der Waals surface area contributed by atoms with Gasteiger partial charge in [0.1, 0.15) is 6.61 Å². The molecule has 5 nitrogen and oxygen atoms in total. The Labute approximate surface area is 129 Å². The van der Waals surface area contributed by atoms with Gasteiger partial charge >= 0.3 is 6.09 Å². The molecule has 1 aromatic carbocycles. The third kappa shape index (κ3) is 7.06. The highest BCUT2D eigenvalue weighted by Crippen LogP contribution is 2.13. The van der Waals surface area contributed by atoms with Gasteiger partial charge in [0, 0.05) is 18.5 Å². The number of ether oxygens (including phenoxy) is 1. The predicted molar refractivity (Wildman–Crippen MR) is 88.3 cm³/mol. The van der Waals surface area contributed by atoms with Crippen molar-refractivity contribution in [3.05, 3.63) is 29.8 Å². The first-order valence-corrected chi connectivity index (χ1v) is 10.2. The lowest BCUT2D eigenvalue weighted by molar-refractivity contribution is 0.140. The van der Waals surface area contributed by atoms with Crippen molar-refractivity contribution in [1.82, 2.24) is 5.32 Å². The average molecular weight is 334 g/mol. The second kappa shape index (κ2) is 9.95. The maximum atomic E-state index is 11.4. The Balaban J connectivity index is 2.24. The monoisotopic (exact) mass is 334 g/mol. The van der Waals surface area contributed by atoms with Gasteiger partial charge in [-0.2, -0.15) is 0 Å². The highest BCUT2D eigenvalue weighted by atomic mass is 33.1. The highest BCUT2D eigenvalue weighted by molar-refractivity contribution is 8.68. The molecule has 2 N–H and O–H groups in total. The Hall–Kier alpha value is -0.860. The molecule has 0 aliphatic heterocycles. The van der Waals surface area contributed by atoms with Crippen molar-refractivity contribution in [2.45, 2.75) is 6.61 Å². The van der Waals surface area contributed by atoms with E-state index >= 15 is 0 Å². The molecule has 0 radical (unpaired) electrons. The minimum absolute atomic E-state index is 0.219. The van der Waals surface area contributed by atoms with Crippen LogP contribution in [-0.4, -0.2) is 35.1 Å². The molecule has 0 fully saturated rings. The van der Waals surface area contributed by atoms with Crippen LogP contribution in [0.15, 0.2) is 24.3 Å². The van der Waals surface area contributed by atoms with Gasteiger partial charge in [-0.1, -0.05) is 34.9 Å². The molecule has 20 heavy (non-hydrogen) atoms. The zero-order valence-electron chi connectivity index (χ0n) is 11.4. The zero-order chi connectivity index (χ0) is 14.8. The number of hydrogen-bond acceptors (Lipinski definition) is 6. The summed E-state index contributed by atoms with van der Waals surface area (Å²) in [5.41, 5.74) is 1.92. The van der Waals surface area contributed by atoms with Gasteiger partial charge in [-0.25, -0.2) is 9.00 Å². The minimum Gasteiger partial charge on any atom is -0.445 e. The van der Waals surface area contributed by atoms with E-state index in [9.17, 15) is 9.00 Å². The summed E-state index contributed by atoms with van der Waals surface area (Å²) in [4.78, 5) is 11.4. The van der Waals surface area contributed by atoms with Crippen molar-refractivity contribution in [2.75, 3.05) is 29.5 Å². The van der Waals surface area contributed by atoms with Gasteiger partial charge in [0.05, 0.1) is 15.6 Å². The van der Waals surface area contributed by atoms with E-state index in [1.54, 1.807) is 6.26 Å². The number of alkyl carbamates (subject to hydrolysis) is 1. The van der Waals surface area contributed by atoms with E-state index in [4.69, 9.17) is 4.74 Å². The van der Waals surface area contributed by atoms with E-state index in [0.717, 1.165) is 11.3 Å². The van der Waals surface area contributed by atoms with Crippen LogP contribution in [0.3, 0.4) is 0 Å². The molecule has 0 saturated heterocycles. The van der Waals surface area contributed by atoms with Crippen molar-refractivity contribution >= 4 is 44.4 Å². The molecule has 1 rings (SSSR count). The van der Waals surface area contributed by atoms with Gasteiger partial charge in [-0.15, -0.1) is 0 Å². The number of rotatable bonds is 8. The molecule has 1 atom stereocenters. The lowest BCUT2D eigenvalue weighted by Crippen LogP contribution is -2.27. The van der Waals surface area contributed by atoms with Gasteiger partial charge in [0.2, 0.25) is 0 Å². The number of anilines is 1. The molecule has 0 aliphatic carbocycles. The van der Waals surface area contributed by atoms with Gasteiger partial charge < -0.3 is 14.8 Å². The third-order valence-corrected chi connectivity index (χ3v) is 5.23. The first-order chi connectivity index (χ1) is 9.65. The summed E-state index contributed by atoms with van der Waals surface area (Å²) in [6.45, 7) is 0.569. The van der Waals surface area contributed by atoms with E-state index < -0.39 is 15.9 Å². The van der Waals surface area contributed by atoms with Crippen LogP contribution in [0, 0.1) is 0 Å². The summed E-state index contributed by atoms with van der Waals surface area (Å²) in [6.07, 6.45) is 3.23. The molecular weight excluding hydrogens is 316 g/mol. The van der Waals surface area contributed by atoms with Crippen molar-refractivity contribution in [3.8, 4) is 0 Å². The molecule has 0 aromatic heterocycles. The Kier molecular flexibility index (Phi) is 8.56. The summed E-state index contributed by atoms with van der Waals surface area (Å²) in [5.74, 6) is 0.422. The standard InChI is InChI=1S/C12H18N2O3S3/c1-18-14-11-5-3-10(4-6-11)9-17-12(15)13-7-8-20(16)19-2/h3-6,14H,7-9H2,1-2H3,(H,13,15). The molecule has 0 bridgehead atoms. The van der Waals surface area contributed by atoms with Crippen LogP contribution in [0.1, 0.15) is 5.56 Å². The van der Waals surface area contributed by atoms with Crippen LogP contribution in [0.2, 0.25) is 0 Å². The number of carbonyl (C=O) groups is 1. The van der Waals surface area contributed by atoms with Gasteiger partial charge in [0.15, 0.2) is 0 Å². The molecule has 0 saturated carbocycles. The largest absolute Gasteiger partial charge is 0.445 e. The first-order valence-electron chi connectivity index (χ1n) is 5.87. The second-order valence-corrected chi connectivity index (χ2v) is 7.76. The molecule has 0 aliphatic rings. The van der Waals surface area contributed by atoms with Crippen LogP contribution < -0.4 is 10.0 Å². The summed E-state index contributed by atoms with van der Waals surface area (Å²) >= 11 is 1.52. The van der Waals surface area contributed by atoms with Crippen LogP contribution in [0.5, 0.6) is 0 Å². The average Bonchev–Trinajstić information content (AvgIpc) is 2.46. The lowest BCUT2D eigenvalue weighted by Gasteiger charge is -2.07. The summed E-state index contributed by atoms with van der Waals surface area (Å²) < 4.78 is 19.3. The molecule has 0 heterocycles. The van der Waals surface area contributed by atoms with Crippen molar-refractivity contribution in [1.29, 1.82) is 0 Å². The van der Waals surface area contributed by atoms with Crippen LogP contribution in [0.25, 0.3) is 0 Å². The maximum absolute atomic E-state index is 11.4. The molecule has 1 unspecified atom stereocenters. The highest BCUT2D eigenvalue weighted by Gasteiger charge is 2.03. The Morgan fingerprint density at radius 2 is 2.00 bits per heavy atom. The van der Waals surface area contributed by atoms with Gasteiger partial charge in [-0.3, -0.25) is 0 Å². The van der Waals surface area contributed by atoms with Crippen LogP contribution in [0.4, 0.5) is 10.5 Å². The van der Waals surface area contributed by atoms with Crippen molar-refractivity contribution in [3.63, 3.8) is 0 Å². The van der Waals surface area contributed by atoms with Crippen molar-refractivity contribution in [2.24, 2.45) is 0 Å². The fourth-order valence-corrected chi connectivity index (χ4v) is 2.86. The van der Waals surface area contributed by atoms with Crippen LogP contribution >= 0.6 is 22.7 Å². The zero-order valence-corrected chi connectivity index (χ0v) is 13.8. The van der Waals surface area contributed by atoms with Gasteiger partial charge in [0.25, 0.3) is 0 Å². The molecule has 1 aromatic rings. The third-order valence-electron chi connectivity index (χ3n) is 2.27. The molecule has 8 heteroatoms. The molecule has 112 valence electrons. The second-order valence-electron chi connectivity index (χ2n) is 3.68. The Bertz CT molecular complexity index is 440. The summed E-state index contributed by atoms with van der Waals surface area (Å²) in [6, 6.07) is 7.65. The summed E-state index contributed by atoms with van der Waals surface area (Å²) in [5, 5.41) is 2.57. The normalized spacial score (nSPS) is 11.7. The van der Waals surface area contributed by atoms with E-state index in [0.29, 0.717) is 12.3 Å². The Morgan fingerprint density at radius 3 is 2.60 bits per heavy atom. The Morgan fingerprint density at radius 1 is 1.30 bits per heavy atom. The predicted octanol–water partition coefficient (Wildman–Crippen LogP) is 2.63. The minimum atomic E-state index is -0.951. The smallest absolute Gasteiger partial charge is 0.407 e. The van der Waals surface area contributed by atoms with Gasteiger partial charge in [-0.05, 0) is 24.0 Å². The fraction of sp³-hybridized carbons (Fsp3) is 0.417. The fourth-order valence-electron chi connectivity index (χ4n) is 1.31. The maximum Gasteiger partial charge on any atom is 0.407 e. The molecule has 0 spiro atoms. The lowest BCUT2D eigenvalue weighted by atomic mass is 10.2. The quantitative estimate of drug-likeness (QED) is 0.563. The van der Waals surface area contributed by atoms with E-state index in [1.807, 2.05) is 30.5 Å².